The van der Waals surface area contributed by atoms with E-state index in [1.165, 1.54) is 19.2 Å². The molecule has 1 aliphatic carbocycles. The Morgan fingerprint density at radius 3 is 2.71 bits per heavy atom. The quantitative estimate of drug-likeness (QED) is 0.865. The Hall–Kier alpha value is -1.98. The molecule has 6 nitrogen and oxygen atoms in total. The summed E-state index contributed by atoms with van der Waals surface area (Å²) in [6.07, 6.45) is 7.46. The zero-order valence-electron chi connectivity index (χ0n) is 15.1. The van der Waals surface area contributed by atoms with Crippen LogP contribution in [-0.2, 0) is 11.2 Å². The van der Waals surface area contributed by atoms with Gasteiger partial charge in [-0.05, 0) is 57.4 Å². The van der Waals surface area contributed by atoms with E-state index in [-0.39, 0.29) is 5.91 Å². The van der Waals surface area contributed by atoms with Gasteiger partial charge in [0.1, 0.15) is 6.33 Å². The highest BCUT2D eigenvalue weighted by Gasteiger charge is 2.24. The molecule has 0 spiro atoms. The lowest BCUT2D eigenvalue weighted by Crippen LogP contribution is -2.39. The second-order valence-corrected chi connectivity index (χ2v) is 7.15. The lowest BCUT2D eigenvalue weighted by atomic mass is 9.86. The molecule has 6 heteroatoms. The van der Waals surface area contributed by atoms with Crippen molar-refractivity contribution in [1.29, 1.82) is 0 Å². The lowest BCUT2D eigenvalue weighted by molar-refractivity contribution is -0.132. The molecule has 2 aromatic rings. The Morgan fingerprint density at radius 2 is 2.00 bits per heavy atom. The molecule has 1 amide bonds. The molecule has 0 saturated heterocycles. The second kappa shape index (κ2) is 6.87. The maximum absolute atomic E-state index is 12.6. The van der Waals surface area contributed by atoms with Crippen LogP contribution in [-0.4, -0.2) is 43.5 Å². The summed E-state index contributed by atoms with van der Waals surface area (Å²) in [5.41, 5.74) is 3.07. The first kappa shape index (κ1) is 16.9. The molecule has 24 heavy (non-hydrogen) atoms. The molecular formula is C18H27N5O. The monoisotopic (exact) mass is 329 g/mol. The molecule has 1 fully saturated rings. The highest BCUT2D eigenvalue weighted by atomic mass is 16.2. The second-order valence-electron chi connectivity index (χ2n) is 7.15. The number of nitrogens with zero attached hydrogens (tertiary/aromatic N) is 5. The van der Waals surface area contributed by atoms with Crippen molar-refractivity contribution in [3.63, 3.8) is 0 Å². The van der Waals surface area contributed by atoms with Crippen molar-refractivity contribution in [3.05, 3.63) is 23.3 Å². The van der Waals surface area contributed by atoms with Crippen molar-refractivity contribution in [1.82, 2.24) is 24.5 Å². The minimum Gasteiger partial charge on any atom is -0.343 e. The Balaban J connectivity index is 1.66. The van der Waals surface area contributed by atoms with E-state index in [1.807, 2.05) is 25.8 Å². The number of amides is 1. The van der Waals surface area contributed by atoms with E-state index >= 15 is 0 Å². The van der Waals surface area contributed by atoms with Gasteiger partial charge in [-0.2, -0.15) is 10.1 Å². The van der Waals surface area contributed by atoms with E-state index < -0.39 is 0 Å². The van der Waals surface area contributed by atoms with Crippen molar-refractivity contribution in [2.75, 3.05) is 7.05 Å². The van der Waals surface area contributed by atoms with Gasteiger partial charge >= 0.3 is 0 Å². The summed E-state index contributed by atoms with van der Waals surface area (Å²) in [4.78, 5) is 23.2. The number of carbonyl (C=O) groups excluding carboxylic acids is 1. The lowest BCUT2D eigenvalue weighted by Gasteiger charge is -2.33. The van der Waals surface area contributed by atoms with E-state index in [9.17, 15) is 4.79 Å². The Kier molecular flexibility index (Phi) is 4.83. The molecule has 3 rings (SSSR count). The van der Waals surface area contributed by atoms with Crippen LogP contribution in [0.15, 0.2) is 6.33 Å². The molecular weight excluding hydrogens is 302 g/mol. The van der Waals surface area contributed by atoms with Crippen LogP contribution in [0.25, 0.3) is 5.78 Å². The molecule has 2 aromatic heterocycles. The van der Waals surface area contributed by atoms with Crippen LogP contribution in [0.1, 0.15) is 56.0 Å². The number of hydrogen-bond donors (Lipinski definition) is 0. The largest absolute Gasteiger partial charge is 0.343 e. The Morgan fingerprint density at radius 1 is 1.29 bits per heavy atom. The fourth-order valence-electron chi connectivity index (χ4n) is 3.76. The van der Waals surface area contributed by atoms with Gasteiger partial charge in [-0.25, -0.2) is 9.50 Å². The highest BCUT2D eigenvalue weighted by molar-refractivity contribution is 5.76. The van der Waals surface area contributed by atoms with Crippen LogP contribution in [0.4, 0.5) is 0 Å². The predicted octanol–water partition coefficient (Wildman–Crippen LogP) is 2.71. The Labute approximate surface area is 143 Å². The topological polar surface area (TPSA) is 63.4 Å². The van der Waals surface area contributed by atoms with E-state index in [0.717, 1.165) is 35.7 Å². The average molecular weight is 329 g/mol. The fourth-order valence-corrected chi connectivity index (χ4v) is 3.76. The van der Waals surface area contributed by atoms with Crippen LogP contribution >= 0.6 is 0 Å². The van der Waals surface area contributed by atoms with Crippen LogP contribution in [0.3, 0.4) is 0 Å². The third-order valence-corrected chi connectivity index (χ3v) is 5.50. The number of aromatic nitrogens is 4. The first-order valence-corrected chi connectivity index (χ1v) is 8.89. The van der Waals surface area contributed by atoms with Crippen LogP contribution in [0.2, 0.25) is 0 Å². The predicted molar refractivity (Wildman–Crippen MR) is 92.8 cm³/mol. The Bertz CT molecular complexity index is 730. The van der Waals surface area contributed by atoms with Crippen molar-refractivity contribution in [2.45, 2.75) is 65.3 Å². The zero-order valence-corrected chi connectivity index (χ0v) is 15.1. The standard InChI is InChI=1S/C18H27N5O/c1-12-5-7-15(8-6-12)22(4)17(24)10-9-16-13(2)21-18-19-11-20-23(18)14(16)3/h11-12,15H,5-10H2,1-4H3. The SMILES string of the molecule is Cc1nc2ncnn2c(C)c1CCC(=O)N(C)C1CCC(C)CC1. The van der Waals surface area contributed by atoms with Gasteiger partial charge in [-0.3, -0.25) is 4.79 Å². The molecule has 0 atom stereocenters. The molecule has 0 bridgehead atoms. The minimum atomic E-state index is 0.229. The van der Waals surface area contributed by atoms with E-state index in [4.69, 9.17) is 0 Å². The number of rotatable bonds is 4. The van der Waals surface area contributed by atoms with Gasteiger partial charge in [0.25, 0.3) is 5.78 Å². The van der Waals surface area contributed by atoms with Gasteiger partial charge in [0.05, 0.1) is 0 Å². The number of fused-ring (bicyclic) bond motifs is 1. The van der Waals surface area contributed by atoms with Gasteiger partial charge < -0.3 is 4.90 Å². The zero-order chi connectivity index (χ0) is 17.3. The summed E-state index contributed by atoms with van der Waals surface area (Å²) in [6.45, 7) is 6.30. The van der Waals surface area contributed by atoms with Crippen molar-refractivity contribution in [2.24, 2.45) is 5.92 Å². The molecule has 2 heterocycles. The molecule has 0 aliphatic heterocycles. The summed E-state index contributed by atoms with van der Waals surface area (Å²) in [6, 6.07) is 0.409. The summed E-state index contributed by atoms with van der Waals surface area (Å²) in [7, 11) is 1.96. The highest BCUT2D eigenvalue weighted by Crippen LogP contribution is 2.27. The van der Waals surface area contributed by atoms with Crippen molar-refractivity contribution < 1.29 is 4.79 Å². The molecule has 1 aliphatic rings. The van der Waals surface area contributed by atoms with E-state index in [0.29, 0.717) is 24.7 Å². The summed E-state index contributed by atoms with van der Waals surface area (Å²) in [5, 5.41) is 4.21. The molecule has 1 saturated carbocycles. The van der Waals surface area contributed by atoms with Gasteiger partial charge in [-0.1, -0.05) is 6.92 Å². The number of carbonyl (C=O) groups is 1. The summed E-state index contributed by atoms with van der Waals surface area (Å²) < 4.78 is 1.75. The smallest absolute Gasteiger partial charge is 0.252 e. The molecule has 0 N–H and O–H groups in total. The first-order valence-electron chi connectivity index (χ1n) is 8.89. The van der Waals surface area contributed by atoms with Crippen LogP contribution < -0.4 is 0 Å². The normalized spacial score (nSPS) is 21.2. The number of aryl methyl sites for hydroxylation is 2. The van der Waals surface area contributed by atoms with Crippen LogP contribution in [0, 0.1) is 19.8 Å². The minimum absolute atomic E-state index is 0.229. The third-order valence-electron chi connectivity index (χ3n) is 5.50. The third kappa shape index (κ3) is 3.28. The maximum atomic E-state index is 12.6. The number of hydrogen-bond acceptors (Lipinski definition) is 4. The van der Waals surface area contributed by atoms with Crippen LogP contribution in [0.5, 0.6) is 0 Å². The maximum Gasteiger partial charge on any atom is 0.252 e. The summed E-state index contributed by atoms with van der Waals surface area (Å²) >= 11 is 0. The molecule has 0 unspecified atom stereocenters. The fraction of sp³-hybridized carbons (Fsp3) is 0.667. The molecule has 0 radical (unpaired) electrons. The van der Waals surface area contributed by atoms with Gasteiger partial charge in [0.2, 0.25) is 5.91 Å². The van der Waals surface area contributed by atoms with Crippen molar-refractivity contribution >= 4 is 11.7 Å². The average Bonchev–Trinajstić information content (AvgIpc) is 3.03. The van der Waals surface area contributed by atoms with Gasteiger partial charge in [-0.15, -0.1) is 0 Å². The van der Waals surface area contributed by atoms with Gasteiger partial charge in [0.15, 0.2) is 0 Å². The van der Waals surface area contributed by atoms with E-state index in [2.05, 4.69) is 22.0 Å². The van der Waals surface area contributed by atoms with E-state index in [1.54, 1.807) is 4.52 Å². The summed E-state index contributed by atoms with van der Waals surface area (Å²) in [5.74, 6) is 1.65. The van der Waals surface area contributed by atoms with Crippen molar-refractivity contribution in [3.8, 4) is 0 Å². The molecule has 130 valence electrons. The van der Waals surface area contributed by atoms with Gasteiger partial charge in [0, 0.05) is 30.9 Å². The first-order chi connectivity index (χ1) is 11.5. The molecule has 0 aromatic carbocycles.